The van der Waals surface area contributed by atoms with Crippen LogP contribution in [0.3, 0.4) is 0 Å². The molecule has 0 aromatic heterocycles. The minimum Gasteiger partial charge on any atom is -0.300 e. The van der Waals surface area contributed by atoms with Gasteiger partial charge in [-0.2, -0.15) is 5.26 Å². The van der Waals surface area contributed by atoms with E-state index in [4.69, 9.17) is 0 Å². The van der Waals surface area contributed by atoms with Crippen LogP contribution in [0, 0.1) is 17.2 Å². The molecule has 1 rings (SSSR count). The van der Waals surface area contributed by atoms with Crippen LogP contribution in [0.5, 0.6) is 0 Å². The Morgan fingerprint density at radius 3 is 2.71 bits per heavy atom. The smallest absolute Gasteiger partial charge is 0.105 e. The Hall–Kier alpha value is -0.590. The molecule has 0 aliphatic carbocycles. The molecule has 3 heteroatoms. The predicted molar refractivity (Wildman–Crippen MR) is 71.7 cm³/mol. The van der Waals surface area contributed by atoms with E-state index in [1.807, 2.05) is 6.92 Å². The maximum atomic E-state index is 9.23. The van der Waals surface area contributed by atoms with Gasteiger partial charge in [0.05, 0.1) is 6.07 Å². The second kappa shape index (κ2) is 6.37. The summed E-state index contributed by atoms with van der Waals surface area (Å²) in [6.45, 7) is 11.8. The number of rotatable bonds is 5. The summed E-state index contributed by atoms with van der Waals surface area (Å²) in [5.74, 6) is 0.804. The first kappa shape index (κ1) is 14.5. The summed E-state index contributed by atoms with van der Waals surface area (Å²) in [5.41, 5.74) is -0.366. The molecule has 3 atom stereocenters. The van der Waals surface area contributed by atoms with Crippen LogP contribution in [-0.2, 0) is 0 Å². The Morgan fingerprint density at radius 1 is 1.41 bits per heavy atom. The Labute approximate surface area is 106 Å². The second-order valence-corrected chi connectivity index (χ2v) is 5.75. The highest BCUT2D eigenvalue weighted by molar-refractivity contribution is 5.04. The first-order chi connectivity index (χ1) is 8.00. The molecular formula is C14H27N3. The van der Waals surface area contributed by atoms with Crippen molar-refractivity contribution in [1.29, 1.82) is 5.26 Å². The van der Waals surface area contributed by atoms with Gasteiger partial charge in [0.15, 0.2) is 0 Å². The van der Waals surface area contributed by atoms with E-state index < -0.39 is 0 Å². The van der Waals surface area contributed by atoms with Gasteiger partial charge < -0.3 is 4.90 Å². The fourth-order valence-corrected chi connectivity index (χ4v) is 2.63. The summed E-state index contributed by atoms with van der Waals surface area (Å²) >= 11 is 0. The van der Waals surface area contributed by atoms with Gasteiger partial charge in [0.2, 0.25) is 0 Å². The molecule has 1 aliphatic rings. The lowest BCUT2D eigenvalue weighted by atomic mass is 9.93. The first-order valence-corrected chi connectivity index (χ1v) is 6.91. The highest BCUT2D eigenvalue weighted by Crippen LogP contribution is 2.22. The first-order valence-electron chi connectivity index (χ1n) is 6.91. The van der Waals surface area contributed by atoms with Crippen molar-refractivity contribution in [2.45, 2.75) is 58.5 Å². The third-order valence-electron chi connectivity index (χ3n) is 3.96. The summed E-state index contributed by atoms with van der Waals surface area (Å²) < 4.78 is 0. The van der Waals surface area contributed by atoms with Crippen LogP contribution in [0.15, 0.2) is 0 Å². The lowest BCUT2D eigenvalue weighted by Gasteiger charge is -2.38. The van der Waals surface area contributed by atoms with E-state index >= 15 is 0 Å². The average molecular weight is 237 g/mol. The Kier molecular flexibility index (Phi) is 5.42. The zero-order chi connectivity index (χ0) is 12.9. The summed E-state index contributed by atoms with van der Waals surface area (Å²) in [7, 11) is 0. The molecule has 3 nitrogen and oxygen atoms in total. The topological polar surface area (TPSA) is 39.1 Å². The molecule has 98 valence electrons. The monoisotopic (exact) mass is 237 g/mol. The van der Waals surface area contributed by atoms with Gasteiger partial charge in [-0.15, -0.1) is 0 Å². The third kappa shape index (κ3) is 4.29. The lowest BCUT2D eigenvalue weighted by molar-refractivity contribution is 0.116. The summed E-state index contributed by atoms with van der Waals surface area (Å²) in [6, 6.07) is 3.08. The quantitative estimate of drug-likeness (QED) is 0.798. The largest absolute Gasteiger partial charge is 0.300 e. The van der Waals surface area contributed by atoms with Gasteiger partial charge >= 0.3 is 0 Å². The van der Waals surface area contributed by atoms with Crippen molar-refractivity contribution in [2.24, 2.45) is 5.92 Å². The number of nitrogens with one attached hydrogen (secondary N) is 1. The van der Waals surface area contributed by atoms with E-state index in [9.17, 15) is 5.26 Å². The number of hydrogen-bond acceptors (Lipinski definition) is 3. The average Bonchev–Trinajstić information content (AvgIpc) is 2.31. The minimum atomic E-state index is -0.366. The summed E-state index contributed by atoms with van der Waals surface area (Å²) in [4.78, 5) is 2.54. The van der Waals surface area contributed by atoms with E-state index in [0.29, 0.717) is 6.04 Å². The van der Waals surface area contributed by atoms with Crippen LogP contribution in [0.2, 0.25) is 0 Å². The standard InChI is InChI=1S/C14H27N3/c1-5-16-14(4,11-15)8-9-17-10-12(2)6-7-13(17)3/h12-13,16H,5-10H2,1-4H3. The maximum absolute atomic E-state index is 9.23. The molecule has 0 amide bonds. The molecule has 3 unspecified atom stereocenters. The minimum absolute atomic E-state index is 0.366. The fraction of sp³-hybridized carbons (Fsp3) is 0.929. The number of likely N-dealkylation sites (tertiary alicyclic amines) is 1. The van der Waals surface area contributed by atoms with Crippen LogP contribution in [0.4, 0.5) is 0 Å². The van der Waals surface area contributed by atoms with Crippen molar-refractivity contribution < 1.29 is 0 Å². The highest BCUT2D eigenvalue weighted by Gasteiger charge is 2.27. The van der Waals surface area contributed by atoms with Gasteiger partial charge in [-0.25, -0.2) is 0 Å². The van der Waals surface area contributed by atoms with Gasteiger partial charge in [0.1, 0.15) is 5.54 Å². The van der Waals surface area contributed by atoms with Crippen LogP contribution in [-0.4, -0.2) is 36.1 Å². The summed E-state index contributed by atoms with van der Waals surface area (Å²) in [5, 5.41) is 12.5. The van der Waals surface area contributed by atoms with Gasteiger partial charge in [0, 0.05) is 19.1 Å². The zero-order valence-electron chi connectivity index (χ0n) is 11.8. The van der Waals surface area contributed by atoms with E-state index in [-0.39, 0.29) is 5.54 Å². The van der Waals surface area contributed by atoms with Crippen LogP contribution in [0.1, 0.15) is 47.0 Å². The van der Waals surface area contributed by atoms with E-state index in [1.165, 1.54) is 19.4 Å². The molecule has 1 aliphatic heterocycles. The van der Waals surface area contributed by atoms with Gasteiger partial charge in [-0.05, 0) is 45.6 Å². The number of piperidine rings is 1. The van der Waals surface area contributed by atoms with Crippen molar-refractivity contribution in [3.63, 3.8) is 0 Å². The van der Waals surface area contributed by atoms with E-state index in [0.717, 1.165) is 25.4 Å². The van der Waals surface area contributed by atoms with Crippen molar-refractivity contribution >= 4 is 0 Å². The van der Waals surface area contributed by atoms with Crippen LogP contribution in [0.25, 0.3) is 0 Å². The van der Waals surface area contributed by atoms with Gasteiger partial charge in [0.25, 0.3) is 0 Å². The second-order valence-electron chi connectivity index (χ2n) is 5.75. The zero-order valence-corrected chi connectivity index (χ0v) is 11.8. The van der Waals surface area contributed by atoms with Crippen LogP contribution >= 0.6 is 0 Å². The van der Waals surface area contributed by atoms with Crippen molar-refractivity contribution in [3.05, 3.63) is 0 Å². The SMILES string of the molecule is CCNC(C)(C#N)CCN1CC(C)CCC1C. The Balaban J connectivity index is 2.45. The van der Waals surface area contributed by atoms with Crippen molar-refractivity contribution in [3.8, 4) is 6.07 Å². The lowest BCUT2D eigenvalue weighted by Crippen LogP contribution is -2.47. The van der Waals surface area contributed by atoms with Crippen molar-refractivity contribution in [1.82, 2.24) is 10.2 Å². The number of nitriles is 1. The molecule has 1 N–H and O–H groups in total. The maximum Gasteiger partial charge on any atom is 0.105 e. The molecule has 0 saturated carbocycles. The van der Waals surface area contributed by atoms with Gasteiger partial charge in [-0.1, -0.05) is 13.8 Å². The van der Waals surface area contributed by atoms with Gasteiger partial charge in [-0.3, -0.25) is 5.32 Å². The van der Waals surface area contributed by atoms with Crippen molar-refractivity contribution in [2.75, 3.05) is 19.6 Å². The molecule has 0 aromatic carbocycles. The number of nitrogens with zero attached hydrogens (tertiary/aromatic N) is 2. The van der Waals surface area contributed by atoms with E-state index in [1.54, 1.807) is 0 Å². The Bertz CT molecular complexity index is 271. The predicted octanol–water partition coefficient (Wildman–Crippen LogP) is 2.39. The molecule has 0 aromatic rings. The summed E-state index contributed by atoms with van der Waals surface area (Å²) in [6.07, 6.45) is 3.56. The molecule has 0 bridgehead atoms. The van der Waals surface area contributed by atoms with Crippen LogP contribution < -0.4 is 5.32 Å². The Morgan fingerprint density at radius 2 is 2.12 bits per heavy atom. The molecule has 1 saturated heterocycles. The third-order valence-corrected chi connectivity index (χ3v) is 3.96. The molecule has 1 heterocycles. The molecule has 1 fully saturated rings. The molecular weight excluding hydrogens is 210 g/mol. The fourth-order valence-electron chi connectivity index (χ4n) is 2.63. The van der Waals surface area contributed by atoms with E-state index in [2.05, 4.69) is 37.1 Å². The normalized spacial score (nSPS) is 29.6. The number of hydrogen-bond donors (Lipinski definition) is 1. The molecule has 0 radical (unpaired) electrons. The highest BCUT2D eigenvalue weighted by atomic mass is 15.2. The molecule has 17 heavy (non-hydrogen) atoms. The molecule has 0 spiro atoms.